The number of hydrogen-bond acceptors (Lipinski definition) is 2. The Hall–Kier alpha value is 0.230. The van der Waals surface area contributed by atoms with Gasteiger partial charge in [0.2, 0.25) is 0 Å². The van der Waals surface area contributed by atoms with Crippen molar-refractivity contribution < 1.29 is 0 Å². The molecule has 12 heavy (non-hydrogen) atoms. The van der Waals surface area contributed by atoms with Gasteiger partial charge in [-0.1, -0.05) is 36.3 Å². The Morgan fingerprint density at radius 2 is 2.00 bits per heavy atom. The van der Waals surface area contributed by atoms with E-state index >= 15 is 0 Å². The van der Waals surface area contributed by atoms with E-state index in [0.29, 0.717) is 5.71 Å². The Morgan fingerprint density at radius 1 is 1.50 bits per heavy atom. The predicted molar refractivity (Wildman–Crippen MR) is 67.1 cm³/mol. The van der Waals surface area contributed by atoms with E-state index in [1.54, 1.807) is 15.0 Å². The Morgan fingerprint density at radius 3 is 2.25 bits per heavy atom. The smallest absolute Gasteiger partial charge is 0.0576 e. The minimum atomic E-state index is 0.0312. The topological polar surface area (TPSA) is 23.9 Å². The molecule has 0 aliphatic rings. The molecule has 3 heteroatoms. The van der Waals surface area contributed by atoms with Gasteiger partial charge in [-0.05, 0) is 22.5 Å². The zero-order chi connectivity index (χ0) is 9.78. The lowest BCUT2D eigenvalue weighted by atomic mass is 9.85. The highest BCUT2D eigenvalue weighted by molar-refractivity contribution is 14.2. The molecular weight excluding hydrogens is 281 g/mol. The first-order valence-corrected chi connectivity index (χ1v) is 7.05. The van der Waals surface area contributed by atoms with Crippen molar-refractivity contribution in [2.45, 2.75) is 20.8 Å². The third kappa shape index (κ3) is 3.76. The molecule has 0 saturated heterocycles. The molecule has 0 fully saturated rings. The molecule has 0 aromatic heterocycles. The summed E-state index contributed by atoms with van der Waals surface area (Å²) in [7, 11) is 1.60. The van der Waals surface area contributed by atoms with Crippen molar-refractivity contribution in [3.05, 3.63) is 23.6 Å². The van der Waals surface area contributed by atoms with Crippen molar-refractivity contribution in [1.29, 1.82) is 5.41 Å². The summed E-state index contributed by atoms with van der Waals surface area (Å²) in [5, 5.41) is 9.66. The lowest BCUT2D eigenvalue weighted by molar-refractivity contribution is 0.525. The van der Waals surface area contributed by atoms with Gasteiger partial charge in [0.15, 0.2) is 0 Å². The molecule has 0 bridgehead atoms. The van der Waals surface area contributed by atoms with Crippen LogP contribution in [0, 0.1) is 10.8 Å². The molecule has 0 aromatic rings. The number of halogens is 1. The van der Waals surface area contributed by atoms with Crippen LogP contribution in [0.1, 0.15) is 20.8 Å². The van der Waals surface area contributed by atoms with Crippen molar-refractivity contribution in [2.24, 2.45) is 5.41 Å². The number of nitrogens with one attached hydrogen (secondary N) is 1. The van der Waals surface area contributed by atoms with Crippen molar-refractivity contribution in [2.75, 3.05) is 0 Å². The zero-order valence-corrected chi connectivity index (χ0v) is 10.6. The van der Waals surface area contributed by atoms with E-state index in [0.717, 1.165) is 5.57 Å². The average molecular weight is 295 g/mol. The minimum absolute atomic E-state index is 0.0312. The van der Waals surface area contributed by atoms with Crippen LogP contribution >= 0.6 is 30.1 Å². The molecule has 0 aliphatic heterocycles. The molecule has 1 nitrogen and oxygen atoms in total. The molecule has 1 N–H and O–H groups in total. The van der Waals surface area contributed by atoms with Crippen LogP contribution in [0.15, 0.2) is 23.6 Å². The standard InChI is InChI=1S/C9H14INS/c1-5-8(11)7(6-12-10)9(2,3)4/h5-6,11H,1H2,2-4H3/b7-6+,11-8?. The molecule has 68 valence electrons. The van der Waals surface area contributed by atoms with Crippen LogP contribution in [-0.2, 0) is 0 Å². The van der Waals surface area contributed by atoms with E-state index < -0.39 is 0 Å². The largest absolute Gasteiger partial charge is 0.301 e. The van der Waals surface area contributed by atoms with Gasteiger partial charge in [0.1, 0.15) is 0 Å². The van der Waals surface area contributed by atoms with Crippen LogP contribution < -0.4 is 0 Å². The van der Waals surface area contributed by atoms with Gasteiger partial charge in [0.05, 0.1) is 5.71 Å². The summed E-state index contributed by atoms with van der Waals surface area (Å²) < 4.78 is 0. The monoisotopic (exact) mass is 295 g/mol. The molecule has 0 rings (SSSR count). The van der Waals surface area contributed by atoms with Crippen molar-refractivity contribution in [3.63, 3.8) is 0 Å². The molecule has 0 aromatic carbocycles. The Labute approximate surface area is 90.8 Å². The SMILES string of the molecule is C=CC(=N)/C(=C\SI)C(C)(C)C. The lowest BCUT2D eigenvalue weighted by Gasteiger charge is -2.21. The number of allylic oxidation sites excluding steroid dienone is 2. The van der Waals surface area contributed by atoms with E-state index in [2.05, 4.69) is 48.6 Å². The molecule has 0 unspecified atom stereocenters. The molecule has 0 amide bonds. The first kappa shape index (κ1) is 12.2. The fourth-order valence-electron chi connectivity index (χ4n) is 0.799. The summed E-state index contributed by atoms with van der Waals surface area (Å²) in [4.78, 5) is 0. The van der Waals surface area contributed by atoms with E-state index in [4.69, 9.17) is 5.41 Å². The lowest BCUT2D eigenvalue weighted by Crippen LogP contribution is -2.15. The highest BCUT2D eigenvalue weighted by atomic mass is 127. The highest BCUT2D eigenvalue weighted by Crippen LogP contribution is 2.30. The van der Waals surface area contributed by atoms with Gasteiger partial charge in [-0.2, -0.15) is 0 Å². The van der Waals surface area contributed by atoms with Gasteiger partial charge in [0.25, 0.3) is 0 Å². The van der Waals surface area contributed by atoms with Crippen LogP contribution in [0.25, 0.3) is 0 Å². The quantitative estimate of drug-likeness (QED) is 0.612. The molecule has 0 heterocycles. The maximum Gasteiger partial charge on any atom is 0.0576 e. The fraction of sp³-hybridized carbons (Fsp3) is 0.444. The van der Waals surface area contributed by atoms with E-state index in [1.165, 1.54) is 0 Å². The molecule has 0 radical (unpaired) electrons. The summed E-state index contributed by atoms with van der Waals surface area (Å²) >= 11 is 2.20. The summed E-state index contributed by atoms with van der Waals surface area (Å²) in [6.07, 6.45) is 1.59. The summed E-state index contributed by atoms with van der Waals surface area (Å²) in [6.45, 7) is 9.90. The van der Waals surface area contributed by atoms with E-state index in [1.807, 2.05) is 5.41 Å². The molecular formula is C9H14INS. The second kappa shape index (κ2) is 5.07. The van der Waals surface area contributed by atoms with Crippen LogP contribution in [0.4, 0.5) is 0 Å². The Kier molecular flexibility index (Phi) is 5.16. The van der Waals surface area contributed by atoms with Crippen molar-refractivity contribution in [1.82, 2.24) is 0 Å². The van der Waals surface area contributed by atoms with Gasteiger partial charge < -0.3 is 5.41 Å². The third-order valence-corrected chi connectivity index (χ3v) is 2.55. The minimum Gasteiger partial charge on any atom is -0.301 e. The Bertz CT molecular complexity index is 213. The second-order valence-electron chi connectivity index (χ2n) is 3.49. The summed E-state index contributed by atoms with van der Waals surface area (Å²) in [5.41, 5.74) is 1.59. The van der Waals surface area contributed by atoms with Crippen molar-refractivity contribution >= 4 is 35.9 Å². The molecule has 0 spiro atoms. The van der Waals surface area contributed by atoms with Crippen LogP contribution in [0.3, 0.4) is 0 Å². The molecule has 0 saturated carbocycles. The number of hydrogen-bond donors (Lipinski definition) is 1. The summed E-state index contributed by atoms with van der Waals surface area (Å²) in [5.74, 6) is 0. The summed E-state index contributed by atoms with van der Waals surface area (Å²) in [6, 6.07) is 0. The van der Waals surface area contributed by atoms with Gasteiger partial charge in [0, 0.05) is 21.2 Å². The van der Waals surface area contributed by atoms with E-state index in [-0.39, 0.29) is 5.41 Å². The second-order valence-corrected chi connectivity index (χ2v) is 5.43. The fourth-order valence-corrected chi connectivity index (χ4v) is 2.13. The maximum absolute atomic E-state index is 7.65. The molecule has 0 aliphatic carbocycles. The maximum atomic E-state index is 7.65. The first-order valence-electron chi connectivity index (χ1n) is 3.63. The van der Waals surface area contributed by atoms with Gasteiger partial charge in [-0.25, -0.2) is 0 Å². The van der Waals surface area contributed by atoms with Crippen LogP contribution in [-0.4, -0.2) is 5.71 Å². The van der Waals surface area contributed by atoms with Gasteiger partial charge in [-0.3, -0.25) is 0 Å². The third-order valence-electron chi connectivity index (χ3n) is 1.46. The normalized spacial score (nSPS) is 12.8. The van der Waals surface area contributed by atoms with E-state index in [9.17, 15) is 0 Å². The first-order chi connectivity index (χ1) is 5.43. The Balaban J connectivity index is 4.81. The predicted octanol–water partition coefficient (Wildman–Crippen LogP) is 4.21. The zero-order valence-electron chi connectivity index (χ0n) is 7.65. The highest BCUT2D eigenvalue weighted by Gasteiger charge is 2.18. The van der Waals surface area contributed by atoms with Crippen molar-refractivity contribution in [3.8, 4) is 0 Å². The van der Waals surface area contributed by atoms with Gasteiger partial charge >= 0.3 is 0 Å². The van der Waals surface area contributed by atoms with Crippen LogP contribution in [0.5, 0.6) is 0 Å². The average Bonchev–Trinajstić information content (AvgIpc) is 1.96. The van der Waals surface area contributed by atoms with Gasteiger partial charge in [-0.15, -0.1) is 0 Å². The van der Waals surface area contributed by atoms with Crippen LogP contribution in [0.2, 0.25) is 0 Å². The molecule has 0 atom stereocenters. The number of rotatable bonds is 3.